The average Bonchev–Trinajstić information content (AvgIpc) is 2.87. The molecule has 0 bridgehead atoms. The molecule has 0 saturated heterocycles. The van der Waals surface area contributed by atoms with Crippen molar-refractivity contribution < 1.29 is 44.1 Å². The smallest absolute Gasteiger partial charge is 0.306 e. The lowest BCUT2D eigenvalue weighted by Gasteiger charge is -2.31. The number of aliphatic hydroxyl groups is 2. The van der Waals surface area contributed by atoms with E-state index in [0.717, 1.165) is 0 Å². The van der Waals surface area contributed by atoms with E-state index in [-0.39, 0.29) is 29.6 Å². The van der Waals surface area contributed by atoms with Crippen molar-refractivity contribution in [3.8, 4) is 0 Å². The van der Waals surface area contributed by atoms with Crippen LogP contribution in [0.1, 0.15) is 94.9 Å². The van der Waals surface area contributed by atoms with Gasteiger partial charge in [-0.25, -0.2) is 0 Å². The second-order valence-corrected chi connectivity index (χ2v) is 13.4. The van der Waals surface area contributed by atoms with Gasteiger partial charge in [-0.2, -0.15) is 0 Å². The number of nitrogens with one attached hydrogen (secondary N) is 5. The predicted octanol–water partition coefficient (Wildman–Crippen LogP) is 0.441. The summed E-state index contributed by atoms with van der Waals surface area (Å²) in [6.45, 7) is 17.2. The van der Waals surface area contributed by atoms with Crippen LogP contribution in [0, 0.1) is 23.7 Å². The number of carbonyl (C=O) groups is 6. The number of hydrogen-bond donors (Lipinski definition) is 8. The van der Waals surface area contributed by atoms with Crippen LogP contribution < -0.4 is 26.6 Å². The van der Waals surface area contributed by atoms with Crippen LogP contribution in [0.25, 0.3) is 0 Å². The molecule has 0 aromatic carbocycles. The standard InChI is InChI=1S/C31H57N5O9/c1-15(2)11-21(35-30(44)28(18(7)8)36-31(45)27(17(5)6)33-20(10)37)23(38)13-25(40)32-19(9)29(43)34-22(12-16(3)4)24(39)14-26(41)42/h15-19,21-24,27-28,38-39H,11-14H2,1-10H3,(H,32,40)(H,33,37)(H,34,43)(H,35,44)(H,36,45)(H,41,42)/t19-,21-,22+,23-,24+,27+,28+/m1/s1. The topological polar surface area (TPSA) is 223 Å². The summed E-state index contributed by atoms with van der Waals surface area (Å²) in [5.74, 6) is -4.48. The minimum absolute atomic E-state index is 0.0185. The number of carboxylic acids is 1. The molecule has 0 radical (unpaired) electrons. The van der Waals surface area contributed by atoms with Gasteiger partial charge in [0.05, 0.1) is 37.1 Å². The van der Waals surface area contributed by atoms with Crippen LogP contribution in [-0.4, -0.2) is 93.2 Å². The van der Waals surface area contributed by atoms with E-state index >= 15 is 0 Å². The maximum Gasteiger partial charge on any atom is 0.306 e. The molecule has 0 aliphatic rings. The molecule has 8 N–H and O–H groups in total. The first-order valence-corrected chi connectivity index (χ1v) is 15.7. The Kier molecular flexibility index (Phi) is 18.5. The van der Waals surface area contributed by atoms with Crippen LogP contribution in [0.3, 0.4) is 0 Å². The molecule has 14 heteroatoms. The molecule has 260 valence electrons. The molecule has 0 unspecified atom stereocenters. The van der Waals surface area contributed by atoms with Crippen molar-refractivity contribution in [3.05, 3.63) is 0 Å². The molecule has 14 nitrogen and oxygen atoms in total. The Labute approximate surface area is 267 Å². The van der Waals surface area contributed by atoms with E-state index in [4.69, 9.17) is 5.11 Å². The van der Waals surface area contributed by atoms with E-state index in [1.807, 2.05) is 27.7 Å². The van der Waals surface area contributed by atoms with Gasteiger partial charge in [0.1, 0.15) is 18.1 Å². The molecular formula is C31H57N5O9. The average molecular weight is 644 g/mol. The third kappa shape index (κ3) is 16.6. The molecule has 0 rings (SSSR count). The van der Waals surface area contributed by atoms with Crippen LogP contribution >= 0.6 is 0 Å². The van der Waals surface area contributed by atoms with Gasteiger partial charge < -0.3 is 41.9 Å². The second kappa shape index (κ2) is 20.0. The molecule has 0 aliphatic heterocycles. The van der Waals surface area contributed by atoms with Crippen molar-refractivity contribution in [1.82, 2.24) is 26.6 Å². The third-order valence-corrected chi connectivity index (χ3v) is 7.14. The largest absolute Gasteiger partial charge is 0.481 e. The molecule has 45 heavy (non-hydrogen) atoms. The number of rotatable bonds is 20. The molecule has 0 heterocycles. The number of carbonyl (C=O) groups excluding carboxylic acids is 5. The Balaban J connectivity index is 5.54. The Morgan fingerprint density at radius 2 is 0.956 bits per heavy atom. The zero-order valence-corrected chi connectivity index (χ0v) is 28.5. The Hall–Kier alpha value is -3.26. The summed E-state index contributed by atoms with van der Waals surface area (Å²) in [6, 6.07) is -4.59. The fourth-order valence-electron chi connectivity index (χ4n) is 4.77. The van der Waals surface area contributed by atoms with Gasteiger partial charge in [-0.3, -0.25) is 28.8 Å². The van der Waals surface area contributed by atoms with Crippen molar-refractivity contribution in [2.24, 2.45) is 23.7 Å². The van der Waals surface area contributed by atoms with Crippen LogP contribution in [-0.2, 0) is 28.8 Å². The summed E-state index contributed by atoms with van der Waals surface area (Å²) in [7, 11) is 0. The molecule has 0 aliphatic carbocycles. The molecule has 5 amide bonds. The SMILES string of the molecule is CC(=O)N[C@H](C(=O)N[C@H](C(=O)N[C@H](CC(C)C)[C@H](O)CC(=O)N[C@H](C)C(=O)N[C@@H](CC(C)C)[C@@H](O)CC(=O)O)C(C)C)C(C)C. The van der Waals surface area contributed by atoms with Crippen molar-refractivity contribution in [2.45, 2.75) is 137 Å². The zero-order valence-electron chi connectivity index (χ0n) is 28.5. The van der Waals surface area contributed by atoms with E-state index < -0.39 is 84.9 Å². The first kappa shape index (κ1) is 41.7. The summed E-state index contributed by atoms with van der Waals surface area (Å²) in [4.78, 5) is 74.6. The molecule has 0 fully saturated rings. The second-order valence-electron chi connectivity index (χ2n) is 13.4. The minimum atomic E-state index is -1.33. The van der Waals surface area contributed by atoms with Crippen LogP contribution in [0.2, 0.25) is 0 Å². The normalized spacial score (nSPS) is 16.3. The van der Waals surface area contributed by atoms with Crippen molar-refractivity contribution >= 4 is 35.5 Å². The molecule has 0 aromatic heterocycles. The summed E-state index contributed by atoms with van der Waals surface area (Å²) >= 11 is 0. The van der Waals surface area contributed by atoms with Gasteiger partial charge in [0.25, 0.3) is 0 Å². The van der Waals surface area contributed by atoms with Gasteiger partial charge in [-0.05, 0) is 43.4 Å². The number of amides is 5. The van der Waals surface area contributed by atoms with Crippen molar-refractivity contribution in [3.63, 3.8) is 0 Å². The summed E-state index contributed by atoms with van der Waals surface area (Å²) in [5, 5.41) is 43.5. The van der Waals surface area contributed by atoms with Gasteiger partial charge in [0, 0.05) is 6.92 Å². The summed E-state index contributed by atoms with van der Waals surface area (Å²) < 4.78 is 0. The molecule has 0 saturated carbocycles. The first-order chi connectivity index (χ1) is 20.7. The van der Waals surface area contributed by atoms with Gasteiger partial charge in [-0.1, -0.05) is 55.4 Å². The van der Waals surface area contributed by atoms with Crippen molar-refractivity contribution in [2.75, 3.05) is 0 Å². The lowest BCUT2D eigenvalue weighted by molar-refractivity contribution is -0.140. The van der Waals surface area contributed by atoms with Gasteiger partial charge in [0.15, 0.2) is 0 Å². The maximum absolute atomic E-state index is 13.3. The highest BCUT2D eigenvalue weighted by atomic mass is 16.4. The summed E-state index contributed by atoms with van der Waals surface area (Å²) in [5.41, 5.74) is 0. The fraction of sp³-hybridized carbons (Fsp3) is 0.806. The van der Waals surface area contributed by atoms with E-state index in [2.05, 4.69) is 26.6 Å². The first-order valence-electron chi connectivity index (χ1n) is 15.7. The lowest BCUT2D eigenvalue weighted by Crippen LogP contribution is -2.59. The van der Waals surface area contributed by atoms with Gasteiger partial charge >= 0.3 is 5.97 Å². The fourth-order valence-corrected chi connectivity index (χ4v) is 4.77. The maximum atomic E-state index is 13.3. The minimum Gasteiger partial charge on any atom is -0.481 e. The molecule has 7 atom stereocenters. The highest BCUT2D eigenvalue weighted by molar-refractivity contribution is 5.92. The van der Waals surface area contributed by atoms with E-state index in [9.17, 15) is 39.0 Å². The molecule has 0 spiro atoms. The lowest BCUT2D eigenvalue weighted by atomic mass is 9.95. The van der Waals surface area contributed by atoms with Crippen LogP contribution in [0.5, 0.6) is 0 Å². The molecular weight excluding hydrogens is 586 g/mol. The quantitative estimate of drug-likeness (QED) is 0.0920. The summed E-state index contributed by atoms with van der Waals surface area (Å²) in [6.07, 6.45) is -3.01. The number of carboxylic acid groups (broad SMARTS) is 1. The number of aliphatic carboxylic acids is 1. The van der Waals surface area contributed by atoms with Gasteiger partial charge in [-0.15, -0.1) is 0 Å². The Bertz CT molecular complexity index is 1000. The van der Waals surface area contributed by atoms with E-state index in [1.165, 1.54) is 13.8 Å². The van der Waals surface area contributed by atoms with Crippen molar-refractivity contribution in [1.29, 1.82) is 0 Å². The predicted molar refractivity (Wildman–Crippen MR) is 168 cm³/mol. The Morgan fingerprint density at radius 3 is 1.36 bits per heavy atom. The highest BCUT2D eigenvalue weighted by Gasteiger charge is 2.33. The van der Waals surface area contributed by atoms with Crippen LogP contribution in [0.15, 0.2) is 0 Å². The number of hydrogen-bond acceptors (Lipinski definition) is 8. The highest BCUT2D eigenvalue weighted by Crippen LogP contribution is 2.14. The Morgan fingerprint density at radius 1 is 0.556 bits per heavy atom. The van der Waals surface area contributed by atoms with Crippen LogP contribution in [0.4, 0.5) is 0 Å². The zero-order chi connectivity index (χ0) is 35.2. The van der Waals surface area contributed by atoms with Gasteiger partial charge in [0.2, 0.25) is 29.5 Å². The number of aliphatic hydroxyl groups excluding tert-OH is 2. The van der Waals surface area contributed by atoms with E-state index in [0.29, 0.717) is 12.8 Å². The third-order valence-electron chi connectivity index (χ3n) is 7.14. The van der Waals surface area contributed by atoms with E-state index in [1.54, 1.807) is 27.7 Å². The monoisotopic (exact) mass is 643 g/mol. The molecule has 0 aromatic rings.